The molecule has 2 nitrogen and oxygen atoms in total. The summed E-state index contributed by atoms with van der Waals surface area (Å²) in [5, 5.41) is 9.60. The van der Waals surface area contributed by atoms with Gasteiger partial charge in [-0.1, -0.05) is 0 Å². The Kier molecular flexibility index (Phi) is 2.04. The molecular formula is C12H12O2. The number of hydrogen-bond acceptors (Lipinski definition) is 2. The van der Waals surface area contributed by atoms with Crippen molar-refractivity contribution in [1.82, 2.24) is 0 Å². The molecule has 0 spiro atoms. The van der Waals surface area contributed by atoms with Crippen LogP contribution in [-0.4, -0.2) is 5.11 Å². The van der Waals surface area contributed by atoms with Crippen LogP contribution >= 0.6 is 0 Å². The molecule has 0 amide bonds. The number of phenols is 1. The summed E-state index contributed by atoms with van der Waals surface area (Å²) in [6.07, 6.45) is 3.35. The topological polar surface area (TPSA) is 33.4 Å². The average Bonchev–Trinajstić information content (AvgIpc) is 2.66. The van der Waals surface area contributed by atoms with E-state index in [0.29, 0.717) is 5.75 Å². The van der Waals surface area contributed by atoms with Crippen LogP contribution in [0.4, 0.5) is 0 Å². The van der Waals surface area contributed by atoms with Gasteiger partial charge in [0.25, 0.3) is 0 Å². The third-order valence-corrected chi connectivity index (χ3v) is 2.35. The van der Waals surface area contributed by atoms with Gasteiger partial charge in [0, 0.05) is 5.56 Å². The van der Waals surface area contributed by atoms with Gasteiger partial charge < -0.3 is 9.52 Å². The second-order valence-corrected chi connectivity index (χ2v) is 3.47. The summed E-state index contributed by atoms with van der Waals surface area (Å²) in [6, 6.07) is 5.81. The number of hydrogen-bond donors (Lipinski definition) is 1. The summed E-state index contributed by atoms with van der Waals surface area (Å²) >= 11 is 0. The van der Waals surface area contributed by atoms with Gasteiger partial charge in [-0.15, -0.1) is 0 Å². The van der Waals surface area contributed by atoms with Gasteiger partial charge >= 0.3 is 0 Å². The normalized spacial score (nSPS) is 10.4. The molecule has 0 unspecified atom stereocenters. The third-order valence-electron chi connectivity index (χ3n) is 2.35. The Morgan fingerprint density at radius 2 is 1.71 bits per heavy atom. The van der Waals surface area contributed by atoms with E-state index in [1.807, 2.05) is 32.0 Å². The van der Waals surface area contributed by atoms with Gasteiger partial charge in [-0.3, -0.25) is 0 Å². The van der Waals surface area contributed by atoms with E-state index in [0.717, 1.165) is 22.3 Å². The molecular weight excluding hydrogens is 176 g/mol. The lowest BCUT2D eigenvalue weighted by molar-refractivity contribution is 0.467. The lowest BCUT2D eigenvalue weighted by atomic mass is 10.0. The van der Waals surface area contributed by atoms with Crippen molar-refractivity contribution in [2.75, 3.05) is 0 Å². The Balaban J connectivity index is 2.57. The molecule has 2 aromatic rings. The lowest BCUT2D eigenvalue weighted by Gasteiger charge is -2.05. The summed E-state index contributed by atoms with van der Waals surface area (Å²) < 4.78 is 5.02. The molecule has 14 heavy (non-hydrogen) atoms. The highest BCUT2D eigenvalue weighted by Gasteiger charge is 2.05. The predicted molar refractivity (Wildman–Crippen MR) is 55.3 cm³/mol. The van der Waals surface area contributed by atoms with Crippen molar-refractivity contribution in [1.29, 1.82) is 0 Å². The smallest absolute Gasteiger partial charge is 0.121 e. The van der Waals surface area contributed by atoms with Gasteiger partial charge in [0.1, 0.15) is 5.75 Å². The summed E-state index contributed by atoms with van der Waals surface area (Å²) in [7, 11) is 0. The summed E-state index contributed by atoms with van der Waals surface area (Å²) in [4.78, 5) is 0. The average molecular weight is 188 g/mol. The van der Waals surface area contributed by atoms with Crippen LogP contribution in [0.5, 0.6) is 5.75 Å². The van der Waals surface area contributed by atoms with E-state index in [-0.39, 0.29) is 0 Å². The van der Waals surface area contributed by atoms with Crippen molar-refractivity contribution in [2.24, 2.45) is 0 Å². The Morgan fingerprint density at radius 3 is 2.21 bits per heavy atom. The molecule has 0 aliphatic carbocycles. The number of benzene rings is 1. The molecule has 1 N–H and O–H groups in total. The van der Waals surface area contributed by atoms with Crippen LogP contribution in [0.3, 0.4) is 0 Å². The van der Waals surface area contributed by atoms with Crippen molar-refractivity contribution < 1.29 is 9.52 Å². The second-order valence-electron chi connectivity index (χ2n) is 3.47. The van der Waals surface area contributed by atoms with Crippen LogP contribution in [0.25, 0.3) is 11.1 Å². The number of phenolic OH excluding ortho intramolecular Hbond substituents is 1. The maximum Gasteiger partial charge on any atom is 0.121 e. The zero-order valence-electron chi connectivity index (χ0n) is 8.24. The Hall–Kier alpha value is -1.70. The Morgan fingerprint density at radius 1 is 1.07 bits per heavy atom. The van der Waals surface area contributed by atoms with Crippen molar-refractivity contribution in [2.45, 2.75) is 13.8 Å². The van der Waals surface area contributed by atoms with E-state index >= 15 is 0 Å². The molecule has 0 aliphatic heterocycles. The van der Waals surface area contributed by atoms with Crippen LogP contribution in [0.2, 0.25) is 0 Å². The molecule has 0 atom stereocenters. The minimum absolute atomic E-state index is 0.372. The van der Waals surface area contributed by atoms with E-state index < -0.39 is 0 Å². The van der Waals surface area contributed by atoms with Crippen molar-refractivity contribution >= 4 is 0 Å². The monoisotopic (exact) mass is 188 g/mol. The highest BCUT2D eigenvalue weighted by Crippen LogP contribution is 2.29. The standard InChI is InChI=1S/C12H12O2/c1-8-5-11(6-9(2)12(8)13)10-3-4-14-7-10/h3-7,13H,1-2H3. The quantitative estimate of drug-likeness (QED) is 0.745. The molecule has 0 saturated carbocycles. The van der Waals surface area contributed by atoms with E-state index in [9.17, 15) is 5.11 Å². The van der Waals surface area contributed by atoms with Crippen LogP contribution < -0.4 is 0 Å². The number of aryl methyl sites for hydroxylation is 2. The maximum atomic E-state index is 9.60. The Labute approximate surface area is 82.8 Å². The SMILES string of the molecule is Cc1cc(-c2ccoc2)cc(C)c1O. The van der Waals surface area contributed by atoms with E-state index in [1.54, 1.807) is 12.5 Å². The number of rotatable bonds is 1. The molecule has 1 heterocycles. The second kappa shape index (κ2) is 3.22. The van der Waals surface area contributed by atoms with Gasteiger partial charge in [0.2, 0.25) is 0 Å². The predicted octanol–water partition coefficient (Wildman–Crippen LogP) is 3.27. The van der Waals surface area contributed by atoms with E-state index in [2.05, 4.69) is 0 Å². The fraction of sp³-hybridized carbons (Fsp3) is 0.167. The fourth-order valence-corrected chi connectivity index (χ4v) is 1.55. The largest absolute Gasteiger partial charge is 0.507 e. The minimum atomic E-state index is 0.372. The third kappa shape index (κ3) is 1.39. The van der Waals surface area contributed by atoms with Crippen LogP contribution in [-0.2, 0) is 0 Å². The first kappa shape index (κ1) is 8.88. The molecule has 1 aromatic heterocycles. The number of furan rings is 1. The molecule has 0 aliphatic rings. The molecule has 2 rings (SSSR count). The van der Waals surface area contributed by atoms with Gasteiger partial charge in [-0.2, -0.15) is 0 Å². The van der Waals surface area contributed by atoms with E-state index in [1.165, 1.54) is 0 Å². The molecule has 0 saturated heterocycles. The molecule has 0 radical (unpaired) electrons. The van der Waals surface area contributed by atoms with Crippen LogP contribution in [0.15, 0.2) is 35.1 Å². The molecule has 0 bridgehead atoms. The highest BCUT2D eigenvalue weighted by atomic mass is 16.3. The zero-order valence-corrected chi connectivity index (χ0v) is 8.24. The zero-order chi connectivity index (χ0) is 10.1. The molecule has 0 fully saturated rings. The van der Waals surface area contributed by atoms with Crippen LogP contribution in [0.1, 0.15) is 11.1 Å². The number of aromatic hydroxyl groups is 1. The van der Waals surface area contributed by atoms with Crippen molar-refractivity contribution in [3.63, 3.8) is 0 Å². The maximum absolute atomic E-state index is 9.60. The first-order chi connectivity index (χ1) is 6.68. The molecule has 72 valence electrons. The summed E-state index contributed by atoms with van der Waals surface area (Å²) in [5.74, 6) is 0.372. The lowest BCUT2D eigenvalue weighted by Crippen LogP contribution is -1.83. The fourth-order valence-electron chi connectivity index (χ4n) is 1.55. The highest BCUT2D eigenvalue weighted by molar-refractivity contribution is 5.66. The van der Waals surface area contributed by atoms with Crippen molar-refractivity contribution in [3.05, 3.63) is 41.9 Å². The first-order valence-corrected chi connectivity index (χ1v) is 4.51. The van der Waals surface area contributed by atoms with Gasteiger partial charge in [0.05, 0.1) is 12.5 Å². The molecule has 1 aromatic carbocycles. The first-order valence-electron chi connectivity index (χ1n) is 4.51. The summed E-state index contributed by atoms with van der Waals surface area (Å²) in [5.41, 5.74) is 3.89. The summed E-state index contributed by atoms with van der Waals surface area (Å²) in [6.45, 7) is 3.79. The van der Waals surface area contributed by atoms with Crippen LogP contribution in [0, 0.1) is 13.8 Å². The van der Waals surface area contributed by atoms with Gasteiger partial charge in [-0.25, -0.2) is 0 Å². The minimum Gasteiger partial charge on any atom is -0.507 e. The van der Waals surface area contributed by atoms with Gasteiger partial charge in [-0.05, 0) is 48.7 Å². The molecule has 2 heteroatoms. The van der Waals surface area contributed by atoms with E-state index in [4.69, 9.17) is 4.42 Å². The van der Waals surface area contributed by atoms with Gasteiger partial charge in [0.15, 0.2) is 0 Å². The Bertz CT molecular complexity index is 418. The van der Waals surface area contributed by atoms with Crippen molar-refractivity contribution in [3.8, 4) is 16.9 Å².